The molecule has 0 fully saturated rings. The molecule has 0 N–H and O–H groups in total. The van der Waals surface area contributed by atoms with Crippen molar-refractivity contribution in [2.45, 2.75) is 0 Å². The van der Waals surface area contributed by atoms with Crippen molar-refractivity contribution < 1.29 is 0 Å². The third kappa shape index (κ3) is 4.25. The lowest BCUT2D eigenvalue weighted by Crippen LogP contribution is -1.94. The molecule has 0 spiro atoms. The fourth-order valence-corrected chi connectivity index (χ4v) is 8.25. The SMILES string of the molecule is Brc1ccc2c3c(-c4cc(-c5ccccc5)ccc4-c4ccccc4)ccc4c(Br)ccc(c5c(-c6ccccc6)ccc1c25)c43. The molecule has 216 valence electrons. The van der Waals surface area contributed by atoms with Crippen molar-refractivity contribution in [1.82, 2.24) is 0 Å². The van der Waals surface area contributed by atoms with Crippen LogP contribution in [0.25, 0.3) is 87.6 Å². The lowest BCUT2D eigenvalue weighted by Gasteiger charge is -2.22. The van der Waals surface area contributed by atoms with E-state index in [1.165, 1.54) is 87.6 Å². The van der Waals surface area contributed by atoms with Crippen LogP contribution in [0.15, 0.2) is 167 Å². The van der Waals surface area contributed by atoms with Gasteiger partial charge in [0.1, 0.15) is 0 Å². The topological polar surface area (TPSA) is 0 Å². The Morgan fingerprint density at radius 2 is 0.696 bits per heavy atom. The molecule has 0 saturated carbocycles. The summed E-state index contributed by atoms with van der Waals surface area (Å²) in [5.74, 6) is 0. The Balaban J connectivity index is 1.49. The van der Waals surface area contributed by atoms with E-state index in [4.69, 9.17) is 0 Å². The molecule has 0 aliphatic heterocycles. The van der Waals surface area contributed by atoms with Gasteiger partial charge in [0.05, 0.1) is 0 Å². The van der Waals surface area contributed by atoms with Gasteiger partial charge in [0.25, 0.3) is 0 Å². The third-order valence-electron chi connectivity index (χ3n) is 9.38. The number of hydrogen-bond acceptors (Lipinski definition) is 0. The van der Waals surface area contributed by atoms with Crippen molar-refractivity contribution in [3.05, 3.63) is 167 Å². The second kappa shape index (κ2) is 10.9. The highest BCUT2D eigenvalue weighted by Gasteiger charge is 2.22. The Kier molecular flexibility index (Phi) is 6.55. The predicted molar refractivity (Wildman–Crippen MR) is 205 cm³/mol. The molecule has 0 heterocycles. The molecule has 9 aromatic carbocycles. The summed E-state index contributed by atoms with van der Waals surface area (Å²) in [6.07, 6.45) is 0. The van der Waals surface area contributed by atoms with Gasteiger partial charge in [-0.25, -0.2) is 0 Å². The van der Waals surface area contributed by atoms with Gasteiger partial charge in [0, 0.05) is 8.95 Å². The van der Waals surface area contributed by atoms with E-state index in [0.717, 1.165) is 8.95 Å². The van der Waals surface area contributed by atoms with Gasteiger partial charge >= 0.3 is 0 Å². The van der Waals surface area contributed by atoms with E-state index in [9.17, 15) is 0 Å². The molecule has 2 heteroatoms. The smallest absolute Gasteiger partial charge is 0.0254 e. The summed E-state index contributed by atoms with van der Waals surface area (Å²) in [7, 11) is 0. The standard InChI is InChI=1S/C44H26Br2/c45-39-25-23-37-42-33(38-26-30(27-10-4-1-5-11-27)16-17-31(38)28-12-6-2-7-13-28)19-21-35-40(46)24-22-36(44(35)42)41-32(18-20-34(39)43(37)41)29-14-8-3-9-15-29/h1-26H. The molecule has 0 unspecified atom stereocenters. The van der Waals surface area contributed by atoms with Crippen LogP contribution in [0.4, 0.5) is 0 Å². The van der Waals surface area contributed by atoms with Gasteiger partial charge in [-0.2, -0.15) is 0 Å². The number of rotatable bonds is 4. The van der Waals surface area contributed by atoms with Crippen LogP contribution in [0, 0.1) is 0 Å². The summed E-state index contributed by atoms with van der Waals surface area (Å²) < 4.78 is 2.21. The molecule has 0 nitrogen and oxygen atoms in total. The zero-order chi connectivity index (χ0) is 30.8. The minimum Gasteiger partial charge on any atom is -0.0622 e. The molecule has 46 heavy (non-hydrogen) atoms. The Morgan fingerprint density at radius 1 is 0.261 bits per heavy atom. The maximum Gasteiger partial charge on any atom is 0.0254 e. The first-order chi connectivity index (χ1) is 22.7. The second-order valence-electron chi connectivity index (χ2n) is 11.9. The van der Waals surface area contributed by atoms with Crippen LogP contribution in [-0.2, 0) is 0 Å². The molecule has 0 atom stereocenters. The van der Waals surface area contributed by atoms with Gasteiger partial charge < -0.3 is 0 Å². The molecule has 0 aliphatic rings. The quantitative estimate of drug-likeness (QED) is 0.126. The fourth-order valence-electron chi connectivity index (χ4n) is 7.33. The number of benzene rings is 9. The van der Waals surface area contributed by atoms with Crippen molar-refractivity contribution in [3.63, 3.8) is 0 Å². The minimum atomic E-state index is 1.11. The van der Waals surface area contributed by atoms with Crippen LogP contribution in [0.1, 0.15) is 0 Å². The van der Waals surface area contributed by atoms with Crippen LogP contribution < -0.4 is 0 Å². The second-order valence-corrected chi connectivity index (χ2v) is 13.6. The Morgan fingerprint density at radius 3 is 1.26 bits per heavy atom. The zero-order valence-electron chi connectivity index (χ0n) is 24.8. The monoisotopic (exact) mass is 712 g/mol. The van der Waals surface area contributed by atoms with E-state index in [1.54, 1.807) is 0 Å². The van der Waals surface area contributed by atoms with Gasteiger partial charge in [-0.15, -0.1) is 0 Å². The molecule has 9 aromatic rings. The molecule has 0 bridgehead atoms. The number of fused-ring (bicyclic) bond motifs is 2. The Bertz CT molecular complexity index is 2570. The molecular weight excluding hydrogens is 688 g/mol. The summed E-state index contributed by atoms with van der Waals surface area (Å²) >= 11 is 7.86. The first-order valence-corrected chi connectivity index (χ1v) is 17.1. The van der Waals surface area contributed by atoms with Gasteiger partial charge in [-0.3, -0.25) is 0 Å². The maximum absolute atomic E-state index is 3.94. The van der Waals surface area contributed by atoms with Crippen LogP contribution in [0.2, 0.25) is 0 Å². The fraction of sp³-hybridized carbons (Fsp3) is 0. The van der Waals surface area contributed by atoms with E-state index in [-0.39, 0.29) is 0 Å². The number of halogens is 2. The maximum atomic E-state index is 3.94. The Labute approximate surface area is 284 Å². The summed E-state index contributed by atoms with van der Waals surface area (Å²) in [5.41, 5.74) is 9.81. The molecular formula is C44H26Br2. The molecule has 0 aliphatic carbocycles. The first kappa shape index (κ1) is 27.5. The highest BCUT2D eigenvalue weighted by molar-refractivity contribution is 9.11. The molecule has 0 saturated heterocycles. The predicted octanol–water partition coefficient (Wildman–Crippen LogP) is 13.9. The lowest BCUT2D eigenvalue weighted by atomic mass is 9.82. The summed E-state index contributed by atoms with van der Waals surface area (Å²) in [6, 6.07) is 57.5. The minimum absolute atomic E-state index is 1.11. The Hall–Kier alpha value is -4.76. The van der Waals surface area contributed by atoms with E-state index in [1.807, 2.05) is 0 Å². The van der Waals surface area contributed by atoms with Crippen LogP contribution >= 0.6 is 31.9 Å². The lowest BCUT2D eigenvalue weighted by molar-refractivity contribution is 1.58. The average molecular weight is 714 g/mol. The van der Waals surface area contributed by atoms with Gasteiger partial charge in [-0.05, 0) is 106 Å². The van der Waals surface area contributed by atoms with E-state index >= 15 is 0 Å². The molecule has 9 rings (SSSR count). The van der Waals surface area contributed by atoms with Gasteiger partial charge in [-0.1, -0.05) is 171 Å². The molecule has 0 aromatic heterocycles. The number of hydrogen-bond donors (Lipinski definition) is 0. The zero-order valence-corrected chi connectivity index (χ0v) is 27.9. The average Bonchev–Trinajstić information content (AvgIpc) is 3.12. The van der Waals surface area contributed by atoms with Crippen molar-refractivity contribution in [3.8, 4) is 44.5 Å². The largest absolute Gasteiger partial charge is 0.0622 e. The third-order valence-corrected chi connectivity index (χ3v) is 10.8. The van der Waals surface area contributed by atoms with Gasteiger partial charge in [0.15, 0.2) is 0 Å². The summed E-state index contributed by atoms with van der Waals surface area (Å²) in [4.78, 5) is 0. The van der Waals surface area contributed by atoms with E-state index in [0.29, 0.717) is 0 Å². The van der Waals surface area contributed by atoms with E-state index < -0.39 is 0 Å². The summed E-state index contributed by atoms with van der Waals surface area (Å²) in [6.45, 7) is 0. The molecule has 0 radical (unpaired) electrons. The van der Waals surface area contributed by atoms with Crippen molar-refractivity contribution in [1.29, 1.82) is 0 Å². The van der Waals surface area contributed by atoms with Crippen LogP contribution in [-0.4, -0.2) is 0 Å². The van der Waals surface area contributed by atoms with Gasteiger partial charge in [0.2, 0.25) is 0 Å². The van der Waals surface area contributed by atoms with Crippen molar-refractivity contribution in [2.75, 3.05) is 0 Å². The highest BCUT2D eigenvalue weighted by atomic mass is 79.9. The normalized spacial score (nSPS) is 11.7. The molecule has 0 amide bonds. The highest BCUT2D eigenvalue weighted by Crippen LogP contribution is 2.50. The van der Waals surface area contributed by atoms with Crippen LogP contribution in [0.3, 0.4) is 0 Å². The van der Waals surface area contributed by atoms with Crippen molar-refractivity contribution >= 4 is 74.9 Å². The van der Waals surface area contributed by atoms with Crippen molar-refractivity contribution in [2.24, 2.45) is 0 Å². The van der Waals surface area contributed by atoms with Crippen LogP contribution in [0.5, 0.6) is 0 Å². The van der Waals surface area contributed by atoms with E-state index in [2.05, 4.69) is 190 Å². The first-order valence-electron chi connectivity index (χ1n) is 15.5. The summed E-state index contributed by atoms with van der Waals surface area (Å²) in [5, 5.41) is 10.1.